The quantitative estimate of drug-likeness (QED) is 0.477. The van der Waals surface area contributed by atoms with Crippen LogP contribution in [0.3, 0.4) is 0 Å². The van der Waals surface area contributed by atoms with Crippen LogP contribution in [0.5, 0.6) is 5.75 Å². The number of hydrogen-bond acceptors (Lipinski definition) is 4. The molecule has 2 aromatic carbocycles. The number of hydrogen-bond donors (Lipinski definition) is 3. The summed E-state index contributed by atoms with van der Waals surface area (Å²) in [6.45, 7) is 4.49. The van der Waals surface area contributed by atoms with E-state index in [0.29, 0.717) is 36.3 Å². The molecule has 4 heteroatoms. The Morgan fingerprint density at radius 1 is 1.05 bits per heavy atom. The first-order valence-corrected chi connectivity index (χ1v) is 14.7. The van der Waals surface area contributed by atoms with Crippen LogP contribution in [0.15, 0.2) is 48.5 Å². The van der Waals surface area contributed by atoms with Crippen LogP contribution in [-0.4, -0.2) is 33.6 Å². The number of phenols is 1. The molecule has 0 aromatic heterocycles. The maximum absolute atomic E-state index is 10.3. The minimum absolute atomic E-state index is 0.0699. The lowest BCUT2D eigenvalue weighted by Gasteiger charge is -2.68. The Hall–Kier alpha value is -2.32. The van der Waals surface area contributed by atoms with E-state index >= 15 is 0 Å². The predicted molar refractivity (Wildman–Crippen MR) is 150 cm³/mol. The van der Waals surface area contributed by atoms with Crippen LogP contribution in [-0.2, 0) is 24.0 Å². The fraction of sp³-hybridized carbons (Fsp3) is 0.588. The normalized spacial score (nSPS) is 37.2. The second-order valence-corrected chi connectivity index (χ2v) is 13.1. The third-order valence-corrected chi connectivity index (χ3v) is 10.7. The van der Waals surface area contributed by atoms with Crippen molar-refractivity contribution in [3.05, 3.63) is 65.2 Å². The summed E-state index contributed by atoms with van der Waals surface area (Å²) in [4.78, 5) is 0. The van der Waals surface area contributed by atoms with Crippen LogP contribution in [0.25, 0.3) is 0 Å². The largest absolute Gasteiger partial charge is 0.508 e. The summed E-state index contributed by atoms with van der Waals surface area (Å²) in [5, 5.41) is 20.5. The van der Waals surface area contributed by atoms with Crippen molar-refractivity contribution >= 4 is 0 Å². The summed E-state index contributed by atoms with van der Waals surface area (Å²) in [6, 6.07) is 16.8. The van der Waals surface area contributed by atoms with Gasteiger partial charge in [0.15, 0.2) is 0 Å². The second-order valence-electron chi connectivity index (χ2n) is 13.1. The summed E-state index contributed by atoms with van der Waals surface area (Å²) in [6.07, 6.45) is 8.68. The van der Waals surface area contributed by atoms with Crippen molar-refractivity contribution in [2.75, 3.05) is 6.61 Å². The van der Waals surface area contributed by atoms with E-state index in [2.05, 4.69) is 62.1 Å². The number of nitrogens with two attached hydrogens (primary N) is 1. The third kappa shape index (κ3) is 4.28. The number of rotatable bonds is 4. The van der Waals surface area contributed by atoms with Gasteiger partial charge >= 0.3 is 0 Å². The molecule has 7 rings (SSSR count). The summed E-state index contributed by atoms with van der Waals surface area (Å²) in [5.74, 6) is 9.05. The van der Waals surface area contributed by atoms with Crippen molar-refractivity contribution in [2.45, 2.75) is 88.4 Å². The van der Waals surface area contributed by atoms with Gasteiger partial charge in [-0.1, -0.05) is 48.2 Å². The zero-order valence-corrected chi connectivity index (χ0v) is 23.0. The van der Waals surface area contributed by atoms with Crippen LogP contribution in [0.1, 0.15) is 69.1 Å². The Balaban J connectivity index is 1.45. The van der Waals surface area contributed by atoms with Crippen LogP contribution >= 0.6 is 0 Å². The Labute approximate surface area is 228 Å². The van der Waals surface area contributed by atoms with Gasteiger partial charge in [-0.15, -0.1) is 0 Å². The van der Waals surface area contributed by atoms with Gasteiger partial charge in [0.2, 0.25) is 0 Å². The molecule has 1 spiro atoms. The monoisotopic (exact) mass is 513 g/mol. The van der Waals surface area contributed by atoms with Gasteiger partial charge in [-0.2, -0.15) is 0 Å². The van der Waals surface area contributed by atoms with Crippen LogP contribution < -0.4 is 5.73 Å². The number of ether oxygens (including phenoxy) is 1. The van der Waals surface area contributed by atoms with Gasteiger partial charge < -0.3 is 20.7 Å². The van der Waals surface area contributed by atoms with Gasteiger partial charge in [-0.05, 0) is 112 Å². The van der Waals surface area contributed by atoms with Crippen molar-refractivity contribution in [1.82, 2.24) is 0 Å². The Morgan fingerprint density at radius 3 is 2.63 bits per heavy atom. The molecule has 202 valence electrons. The van der Waals surface area contributed by atoms with E-state index in [4.69, 9.17) is 10.5 Å². The maximum atomic E-state index is 10.3. The standard InChI is InChI=1S/C34H43NO3/c1-32(2)30-15-16-34(38-32)28-13-11-25(19-23-7-4-3-5-8-23)27(21-28)20-26-12-14-29(37)22-24(26)9-6-10-31(34)33(30,35)17-18-36/h3-5,7-8,12,14,22,25,27-28,30-31,36-37H,9,11,13,15-21,35H2,1-2H3/t25-,27-,28+,30-,31-,33-,34-/m1/s1. The van der Waals surface area contributed by atoms with E-state index in [1.807, 2.05) is 12.1 Å². The van der Waals surface area contributed by atoms with Gasteiger partial charge in [0.05, 0.1) is 17.1 Å². The Morgan fingerprint density at radius 2 is 1.87 bits per heavy atom. The van der Waals surface area contributed by atoms with E-state index in [1.54, 1.807) is 0 Å². The summed E-state index contributed by atoms with van der Waals surface area (Å²) >= 11 is 0. The van der Waals surface area contributed by atoms with E-state index in [1.165, 1.54) is 17.5 Å². The van der Waals surface area contributed by atoms with E-state index < -0.39 is 5.54 Å². The molecule has 3 aliphatic carbocycles. The summed E-state index contributed by atoms with van der Waals surface area (Å²) in [5.41, 5.74) is 9.91. The van der Waals surface area contributed by atoms with Crippen molar-refractivity contribution in [2.24, 2.45) is 35.3 Å². The molecule has 0 amide bonds. The number of fused-ring (bicyclic) bond motifs is 5. The maximum Gasteiger partial charge on any atom is 0.115 e. The molecular weight excluding hydrogens is 470 g/mol. The molecule has 2 saturated carbocycles. The van der Waals surface area contributed by atoms with E-state index in [0.717, 1.165) is 44.1 Å². The lowest BCUT2D eigenvalue weighted by Crippen LogP contribution is -2.77. The number of aliphatic hydroxyl groups is 1. The van der Waals surface area contributed by atoms with E-state index in [-0.39, 0.29) is 29.6 Å². The Kier molecular flexibility index (Phi) is 6.62. The SMILES string of the molecule is CC1(C)O[C@@]23CC[C@H]1[C@](N)(CCO)[C@H]2C#CCc1cc(O)ccc1C[C@@H]1C[C@@H]3CC[C@@H]1Cc1ccccc1. The van der Waals surface area contributed by atoms with Gasteiger partial charge in [-0.25, -0.2) is 0 Å². The van der Waals surface area contributed by atoms with Crippen molar-refractivity contribution in [3.63, 3.8) is 0 Å². The van der Waals surface area contributed by atoms with Crippen LogP contribution in [0.2, 0.25) is 0 Å². The molecule has 2 aromatic rings. The molecule has 7 atom stereocenters. The average molecular weight is 514 g/mol. The lowest BCUT2D eigenvalue weighted by molar-refractivity contribution is -0.306. The summed E-state index contributed by atoms with van der Waals surface area (Å²) in [7, 11) is 0. The lowest BCUT2D eigenvalue weighted by atomic mass is 9.48. The Bertz CT molecular complexity index is 1230. The van der Waals surface area contributed by atoms with E-state index in [9.17, 15) is 10.2 Å². The first kappa shape index (κ1) is 25.9. The highest BCUT2D eigenvalue weighted by molar-refractivity contribution is 5.39. The number of aliphatic hydroxyl groups excluding tert-OH is 1. The molecule has 5 aliphatic rings. The van der Waals surface area contributed by atoms with Gasteiger partial charge in [0.1, 0.15) is 5.75 Å². The van der Waals surface area contributed by atoms with Gasteiger partial charge in [0, 0.05) is 24.5 Å². The molecule has 2 heterocycles. The molecule has 4 nitrogen and oxygen atoms in total. The zero-order valence-electron chi connectivity index (χ0n) is 23.0. The highest BCUT2D eigenvalue weighted by Crippen LogP contribution is 2.62. The molecule has 4 fully saturated rings. The molecule has 0 unspecified atom stereocenters. The van der Waals surface area contributed by atoms with Gasteiger partial charge in [-0.3, -0.25) is 0 Å². The molecule has 2 saturated heterocycles. The minimum Gasteiger partial charge on any atom is -0.508 e. The molecule has 38 heavy (non-hydrogen) atoms. The number of aromatic hydroxyl groups is 1. The molecular formula is C34H43NO3. The molecule has 4 bridgehead atoms. The molecule has 4 N–H and O–H groups in total. The first-order chi connectivity index (χ1) is 18.2. The number of benzene rings is 2. The second kappa shape index (κ2) is 9.70. The molecule has 2 aliphatic heterocycles. The fourth-order valence-corrected chi connectivity index (χ4v) is 9.11. The molecule has 0 radical (unpaired) electrons. The number of phenolic OH excluding ortho intramolecular Hbond substituents is 1. The van der Waals surface area contributed by atoms with Crippen LogP contribution in [0, 0.1) is 41.4 Å². The fourth-order valence-electron chi connectivity index (χ4n) is 9.11. The van der Waals surface area contributed by atoms with Crippen molar-refractivity contribution in [1.29, 1.82) is 0 Å². The average Bonchev–Trinajstić information content (AvgIpc) is 2.89. The highest BCUT2D eigenvalue weighted by Gasteiger charge is 2.68. The predicted octanol–water partition coefficient (Wildman–Crippen LogP) is 5.42. The van der Waals surface area contributed by atoms with Crippen molar-refractivity contribution in [3.8, 4) is 17.6 Å². The zero-order chi connectivity index (χ0) is 26.5. The highest BCUT2D eigenvalue weighted by atomic mass is 16.5. The van der Waals surface area contributed by atoms with Gasteiger partial charge in [0.25, 0.3) is 0 Å². The minimum atomic E-state index is -0.576. The first-order valence-electron chi connectivity index (χ1n) is 14.7. The van der Waals surface area contributed by atoms with Crippen LogP contribution in [0.4, 0.5) is 0 Å². The summed E-state index contributed by atoms with van der Waals surface area (Å²) < 4.78 is 7.21. The third-order valence-electron chi connectivity index (χ3n) is 10.7. The topological polar surface area (TPSA) is 75.7 Å². The smallest absolute Gasteiger partial charge is 0.115 e. The van der Waals surface area contributed by atoms with Crippen molar-refractivity contribution < 1.29 is 14.9 Å².